The standard InChI is InChI=1S/C40H39F5N4O2.C4H6O6/c41-34-10-6-8-31(38(34)42)18-21-36-46-39(51)33-9-2-3-11-35(33)49(36)27-37(50)48(25-7-24-47-22-4-1-5-23-47)26-28-12-14-29(15-13-28)30-16-19-32(20-17-30)40(43,44)45;5-1(3(7)8)2(6)4(9)10/h2-3,6,8-17,19-20H,1,4-5,7,18,21-27H2;1-2,5-6H,(H,7,8)(H,9,10). The van der Waals surface area contributed by atoms with Gasteiger partial charge in [0.25, 0.3) is 5.56 Å². The molecule has 0 aliphatic carbocycles. The Hall–Kier alpha value is -6.04. The number of benzene rings is 4. The van der Waals surface area contributed by atoms with E-state index in [1.165, 1.54) is 30.7 Å². The number of carboxylic acid groups (broad SMARTS) is 2. The minimum absolute atomic E-state index is 0.0768. The van der Waals surface area contributed by atoms with Crippen LogP contribution in [-0.4, -0.2) is 96.0 Å². The molecule has 2 heterocycles. The summed E-state index contributed by atoms with van der Waals surface area (Å²) >= 11 is 0. The predicted molar refractivity (Wildman–Crippen MR) is 214 cm³/mol. The summed E-state index contributed by atoms with van der Waals surface area (Å²) in [6.07, 6.45) is -4.48. The van der Waals surface area contributed by atoms with E-state index in [9.17, 15) is 41.1 Å². The quantitative estimate of drug-likeness (QED) is 0.0926. The summed E-state index contributed by atoms with van der Waals surface area (Å²) in [6, 6.07) is 23.3. The number of halogens is 5. The van der Waals surface area contributed by atoms with Crippen molar-refractivity contribution >= 4 is 28.7 Å². The lowest BCUT2D eigenvalue weighted by Gasteiger charge is -2.29. The van der Waals surface area contributed by atoms with Crippen molar-refractivity contribution in [3.63, 3.8) is 0 Å². The molecule has 1 saturated heterocycles. The van der Waals surface area contributed by atoms with E-state index in [0.717, 1.165) is 68.2 Å². The Balaban J connectivity index is 0.000000626. The molecule has 1 aromatic heterocycles. The van der Waals surface area contributed by atoms with Gasteiger partial charge >= 0.3 is 18.1 Å². The number of piperidine rings is 1. The van der Waals surface area contributed by atoms with Gasteiger partial charge in [-0.3, -0.25) is 9.59 Å². The second-order valence-electron chi connectivity index (χ2n) is 14.6. The number of rotatable bonds is 15. The van der Waals surface area contributed by atoms with Crippen LogP contribution in [0.5, 0.6) is 0 Å². The van der Waals surface area contributed by atoms with Crippen LogP contribution in [0.15, 0.2) is 95.8 Å². The maximum atomic E-state index is 14.5. The van der Waals surface area contributed by atoms with E-state index in [1.807, 2.05) is 24.3 Å². The molecule has 1 amide bonds. The lowest BCUT2D eigenvalue weighted by molar-refractivity contribution is -0.165. The number of para-hydroxylation sites is 1. The van der Waals surface area contributed by atoms with Crippen LogP contribution >= 0.6 is 0 Å². The van der Waals surface area contributed by atoms with Crippen LogP contribution in [0.4, 0.5) is 22.0 Å². The van der Waals surface area contributed by atoms with Gasteiger partial charge in [-0.2, -0.15) is 18.2 Å². The minimum Gasteiger partial charge on any atom is -0.479 e. The third-order valence-electron chi connectivity index (χ3n) is 10.3. The summed E-state index contributed by atoms with van der Waals surface area (Å²) in [5.41, 5.74) is 1.74. The Labute approximate surface area is 347 Å². The van der Waals surface area contributed by atoms with Gasteiger partial charge in [-0.25, -0.2) is 18.4 Å². The van der Waals surface area contributed by atoms with Crippen molar-refractivity contribution in [1.29, 1.82) is 0 Å². The van der Waals surface area contributed by atoms with Crippen molar-refractivity contribution in [1.82, 2.24) is 19.4 Å². The van der Waals surface area contributed by atoms with Crippen LogP contribution in [0.2, 0.25) is 0 Å². The fourth-order valence-electron chi connectivity index (χ4n) is 6.96. The molecule has 6 rings (SSSR count). The third-order valence-corrected chi connectivity index (χ3v) is 10.3. The Morgan fingerprint density at radius 1 is 0.770 bits per heavy atom. The molecule has 0 radical (unpaired) electrons. The number of likely N-dealkylation sites (tertiary alicyclic amines) is 1. The Morgan fingerprint density at radius 2 is 1.38 bits per heavy atom. The highest BCUT2D eigenvalue weighted by Gasteiger charge is 2.30. The number of aryl methyl sites for hydroxylation is 2. The maximum Gasteiger partial charge on any atom is 0.416 e. The number of carboxylic acids is 2. The molecule has 4 N–H and O–H groups in total. The second kappa shape index (κ2) is 21.0. The number of fused-ring (bicyclic) bond motifs is 1. The summed E-state index contributed by atoms with van der Waals surface area (Å²) in [5.74, 6) is -5.35. The molecule has 2 unspecified atom stereocenters. The van der Waals surface area contributed by atoms with Gasteiger partial charge < -0.3 is 34.8 Å². The minimum atomic E-state index is -4.41. The normalized spacial score (nSPS) is 14.1. The Bertz CT molecular complexity index is 2330. The molecule has 5 aromatic rings. The van der Waals surface area contributed by atoms with Gasteiger partial charge in [0.15, 0.2) is 23.8 Å². The lowest BCUT2D eigenvalue weighted by atomic mass is 10.0. The van der Waals surface area contributed by atoms with Gasteiger partial charge in [-0.1, -0.05) is 67.1 Å². The number of aromatic nitrogens is 2. The monoisotopic (exact) mass is 852 g/mol. The largest absolute Gasteiger partial charge is 0.479 e. The number of alkyl halides is 3. The lowest BCUT2D eigenvalue weighted by Crippen LogP contribution is -2.39. The van der Waals surface area contributed by atoms with Crippen molar-refractivity contribution in [3.8, 4) is 11.1 Å². The number of amides is 1. The van der Waals surface area contributed by atoms with Crippen molar-refractivity contribution in [2.45, 2.75) is 70.0 Å². The smallest absolute Gasteiger partial charge is 0.416 e. The average molecular weight is 853 g/mol. The summed E-state index contributed by atoms with van der Waals surface area (Å²) in [7, 11) is 0. The number of aliphatic hydroxyl groups is 2. The van der Waals surface area contributed by atoms with E-state index in [0.29, 0.717) is 35.4 Å². The number of hydrogen-bond acceptors (Lipinski definition) is 8. The second-order valence-corrected chi connectivity index (χ2v) is 14.6. The highest BCUT2D eigenvalue weighted by Crippen LogP contribution is 2.31. The van der Waals surface area contributed by atoms with Gasteiger partial charge in [-0.15, -0.1) is 0 Å². The molecule has 1 aliphatic heterocycles. The molecule has 1 fully saturated rings. The van der Waals surface area contributed by atoms with Crippen LogP contribution in [0.1, 0.15) is 48.2 Å². The first-order valence-corrected chi connectivity index (χ1v) is 19.5. The highest BCUT2D eigenvalue weighted by atomic mass is 19.4. The number of nitrogens with zero attached hydrogens (tertiary/aromatic N) is 4. The van der Waals surface area contributed by atoms with Gasteiger partial charge in [0.05, 0.1) is 16.5 Å². The van der Waals surface area contributed by atoms with Crippen molar-refractivity contribution in [3.05, 3.63) is 135 Å². The zero-order valence-corrected chi connectivity index (χ0v) is 32.9. The molecular formula is C44H45F5N4O8. The topological polar surface area (TPSA) is 174 Å². The number of carbonyl (C=O) groups excluding carboxylic acids is 1. The van der Waals surface area contributed by atoms with E-state index >= 15 is 0 Å². The zero-order chi connectivity index (χ0) is 44.3. The summed E-state index contributed by atoms with van der Waals surface area (Å²) < 4.78 is 69.4. The van der Waals surface area contributed by atoms with E-state index in [-0.39, 0.29) is 30.9 Å². The molecule has 2 atom stereocenters. The molecule has 0 spiro atoms. The van der Waals surface area contributed by atoms with Gasteiger partial charge in [-0.05, 0) is 97.9 Å². The molecule has 4 aromatic carbocycles. The molecule has 12 nitrogen and oxygen atoms in total. The van der Waals surface area contributed by atoms with Crippen LogP contribution in [-0.2, 0) is 46.5 Å². The van der Waals surface area contributed by atoms with Crippen molar-refractivity contribution in [2.24, 2.45) is 0 Å². The third kappa shape index (κ3) is 12.5. The fraction of sp³-hybridized carbons (Fsp3) is 0.341. The molecule has 61 heavy (non-hydrogen) atoms. The average Bonchev–Trinajstić information content (AvgIpc) is 3.25. The van der Waals surface area contributed by atoms with E-state index in [2.05, 4.69) is 9.88 Å². The van der Waals surface area contributed by atoms with Crippen LogP contribution in [0, 0.1) is 11.6 Å². The molecule has 0 bridgehead atoms. The van der Waals surface area contributed by atoms with E-state index < -0.39 is 53.1 Å². The number of carbonyl (C=O) groups is 3. The summed E-state index contributed by atoms with van der Waals surface area (Å²) in [5, 5.41) is 32.9. The number of aliphatic hydroxyl groups excluding tert-OH is 2. The SMILES string of the molecule is O=C(Cn1c(CCc2cccc(F)c2F)nc(=O)c2ccccc21)N(CCCN1CCCCC1)Cc1ccc(-c2ccc(C(F)(F)F)cc2)cc1.O=C(O)C(O)C(O)C(=O)O. The first kappa shape index (κ1) is 46.0. The molecule has 324 valence electrons. The molecule has 0 saturated carbocycles. The van der Waals surface area contributed by atoms with Crippen molar-refractivity contribution in [2.75, 3.05) is 26.2 Å². The summed E-state index contributed by atoms with van der Waals surface area (Å²) in [4.78, 5) is 55.3. The van der Waals surface area contributed by atoms with Gasteiger partial charge in [0, 0.05) is 19.5 Å². The van der Waals surface area contributed by atoms with E-state index in [4.69, 9.17) is 20.4 Å². The maximum absolute atomic E-state index is 14.5. The van der Waals surface area contributed by atoms with Crippen molar-refractivity contribution < 1.29 is 56.8 Å². The zero-order valence-electron chi connectivity index (χ0n) is 32.9. The van der Waals surface area contributed by atoms with Gasteiger partial charge in [0.2, 0.25) is 5.91 Å². The Kier molecular flexibility index (Phi) is 15.8. The number of aliphatic carboxylic acids is 2. The fourth-order valence-corrected chi connectivity index (χ4v) is 6.96. The van der Waals surface area contributed by atoms with E-state index in [1.54, 1.807) is 33.7 Å². The Morgan fingerprint density at radius 3 is 1.98 bits per heavy atom. The van der Waals surface area contributed by atoms with Crippen LogP contribution in [0.3, 0.4) is 0 Å². The molecule has 17 heteroatoms. The van der Waals surface area contributed by atoms with Gasteiger partial charge in [0.1, 0.15) is 12.4 Å². The first-order valence-electron chi connectivity index (χ1n) is 19.5. The number of hydrogen-bond donors (Lipinski definition) is 4. The predicted octanol–water partition coefficient (Wildman–Crippen LogP) is 5.93. The van der Waals surface area contributed by atoms with Crippen LogP contribution in [0.25, 0.3) is 22.0 Å². The molecular weight excluding hydrogens is 807 g/mol. The molecule has 1 aliphatic rings. The highest BCUT2D eigenvalue weighted by molar-refractivity contribution is 5.83. The summed E-state index contributed by atoms with van der Waals surface area (Å²) in [6.45, 7) is 3.56. The first-order chi connectivity index (χ1) is 29.0. The van der Waals surface area contributed by atoms with Crippen LogP contribution < -0.4 is 5.56 Å².